The fourth-order valence-electron chi connectivity index (χ4n) is 5.55. The quantitative estimate of drug-likeness (QED) is 0.170. The van der Waals surface area contributed by atoms with E-state index in [4.69, 9.17) is 4.84 Å². The van der Waals surface area contributed by atoms with Crippen molar-refractivity contribution in [2.24, 2.45) is 0 Å². The first kappa shape index (κ1) is 34.2. The maximum atomic E-state index is 12.8. The lowest BCUT2D eigenvalue weighted by atomic mass is 10.1. The molecule has 6 aromatic heterocycles. The normalized spacial score (nSPS) is 12.1. The van der Waals surface area contributed by atoms with Gasteiger partial charge in [-0.2, -0.15) is 0 Å². The molecular formula is C37H36N10O4. The zero-order valence-electron chi connectivity index (χ0n) is 28.4. The Morgan fingerprint density at radius 1 is 0.706 bits per heavy atom. The van der Waals surface area contributed by atoms with Gasteiger partial charge < -0.3 is 20.7 Å². The number of aromatic nitrogens is 8. The number of benzene rings is 1. The van der Waals surface area contributed by atoms with Gasteiger partial charge in [-0.25, -0.2) is 19.9 Å². The van der Waals surface area contributed by atoms with E-state index in [0.29, 0.717) is 32.8 Å². The molecule has 0 amide bonds. The van der Waals surface area contributed by atoms with Gasteiger partial charge in [-0.15, -0.1) is 9.46 Å². The molecular weight excluding hydrogens is 648 g/mol. The Bertz CT molecular complexity index is 2390. The van der Waals surface area contributed by atoms with Crippen LogP contribution in [0.4, 0.5) is 11.4 Å². The second kappa shape index (κ2) is 15.2. The highest BCUT2D eigenvalue weighted by atomic mass is 16.7. The van der Waals surface area contributed by atoms with Gasteiger partial charge >= 0.3 is 0 Å². The van der Waals surface area contributed by atoms with Crippen molar-refractivity contribution in [3.8, 4) is 0 Å². The molecule has 51 heavy (non-hydrogen) atoms. The van der Waals surface area contributed by atoms with Gasteiger partial charge in [0.1, 0.15) is 19.3 Å². The second-order valence-electron chi connectivity index (χ2n) is 11.8. The summed E-state index contributed by atoms with van der Waals surface area (Å²) in [5.74, 6) is 0. The Balaban J connectivity index is 0.000000183. The van der Waals surface area contributed by atoms with E-state index < -0.39 is 5.56 Å². The van der Waals surface area contributed by atoms with E-state index in [1.807, 2.05) is 75.4 Å². The fraction of sp³-hybridized carbons (Fsp3) is 0.189. The Morgan fingerprint density at radius 2 is 1.24 bits per heavy atom. The standard InChI is InChI=1S/C22H21N5O2.C15H15N5O2/c1-15(18-9-6-10-23-12-18)26-19-11-20(28)27(22-21(19)16(2)24-14-25-22)29-13-17-7-4-3-5-8-17;1-9(11-4-3-5-16-7-11)19-12-6-13(21)20(22)15-14(12)10(2)17-8-18-15/h3-12,14-15,26H,13H2,1-2H3;3-9,19,22H,1-2H3. The first-order valence-electron chi connectivity index (χ1n) is 16.2. The summed E-state index contributed by atoms with van der Waals surface area (Å²) in [7, 11) is 0. The highest BCUT2D eigenvalue weighted by Crippen LogP contribution is 2.27. The fourth-order valence-corrected chi connectivity index (χ4v) is 5.55. The number of aryl methyl sites for hydroxylation is 2. The largest absolute Gasteiger partial charge is 0.423 e. The summed E-state index contributed by atoms with van der Waals surface area (Å²) in [6, 6.07) is 20.1. The predicted molar refractivity (Wildman–Crippen MR) is 194 cm³/mol. The van der Waals surface area contributed by atoms with Crippen LogP contribution in [0.25, 0.3) is 22.1 Å². The summed E-state index contributed by atoms with van der Waals surface area (Å²) in [6.45, 7) is 7.92. The number of fused-ring (bicyclic) bond motifs is 2. The molecule has 0 bridgehead atoms. The van der Waals surface area contributed by atoms with Gasteiger partial charge in [-0.3, -0.25) is 19.6 Å². The molecule has 14 nitrogen and oxygen atoms in total. The second-order valence-corrected chi connectivity index (χ2v) is 11.8. The molecule has 0 spiro atoms. The van der Waals surface area contributed by atoms with Crippen molar-refractivity contribution < 1.29 is 10.0 Å². The number of anilines is 2. The van der Waals surface area contributed by atoms with Crippen LogP contribution in [0, 0.1) is 13.8 Å². The van der Waals surface area contributed by atoms with E-state index in [0.717, 1.165) is 27.8 Å². The van der Waals surface area contributed by atoms with Gasteiger partial charge in [-0.05, 0) is 56.5 Å². The minimum absolute atomic E-state index is 0.0491. The molecule has 2 unspecified atom stereocenters. The van der Waals surface area contributed by atoms with E-state index in [1.54, 1.807) is 31.7 Å². The lowest BCUT2D eigenvalue weighted by Crippen LogP contribution is -2.28. The van der Waals surface area contributed by atoms with Crippen molar-refractivity contribution in [2.75, 3.05) is 10.6 Å². The summed E-state index contributed by atoms with van der Waals surface area (Å²) in [6.07, 6.45) is 9.75. The number of hydrogen-bond donors (Lipinski definition) is 3. The molecule has 0 fully saturated rings. The Hall–Kier alpha value is -6.70. The Labute approximate surface area is 292 Å². The van der Waals surface area contributed by atoms with Crippen LogP contribution in [-0.2, 0) is 6.61 Å². The highest BCUT2D eigenvalue weighted by Gasteiger charge is 2.17. The average molecular weight is 685 g/mol. The lowest BCUT2D eigenvalue weighted by Gasteiger charge is -2.19. The monoisotopic (exact) mass is 684 g/mol. The number of nitrogens with zero attached hydrogens (tertiary/aromatic N) is 8. The molecule has 0 radical (unpaired) electrons. The van der Waals surface area contributed by atoms with E-state index in [-0.39, 0.29) is 29.9 Å². The molecule has 0 saturated carbocycles. The molecule has 0 aliphatic rings. The lowest BCUT2D eigenvalue weighted by molar-refractivity contribution is 0.0979. The van der Waals surface area contributed by atoms with E-state index in [9.17, 15) is 14.8 Å². The van der Waals surface area contributed by atoms with Crippen LogP contribution in [0.3, 0.4) is 0 Å². The van der Waals surface area contributed by atoms with Crippen molar-refractivity contribution >= 4 is 33.4 Å². The molecule has 258 valence electrons. The molecule has 1 aromatic carbocycles. The number of rotatable bonds is 9. The van der Waals surface area contributed by atoms with Crippen LogP contribution < -0.4 is 26.6 Å². The Kier molecular flexibility index (Phi) is 10.2. The number of nitrogens with one attached hydrogen (secondary N) is 2. The maximum Gasteiger partial charge on any atom is 0.287 e. The molecule has 6 heterocycles. The first-order chi connectivity index (χ1) is 24.7. The minimum Gasteiger partial charge on any atom is -0.423 e. The van der Waals surface area contributed by atoms with Gasteiger partial charge in [0, 0.05) is 36.9 Å². The summed E-state index contributed by atoms with van der Waals surface area (Å²) in [5.41, 5.74) is 5.41. The molecule has 0 saturated heterocycles. The first-order valence-corrected chi connectivity index (χ1v) is 16.2. The third kappa shape index (κ3) is 7.64. The van der Waals surface area contributed by atoms with Crippen molar-refractivity contribution in [1.82, 2.24) is 39.4 Å². The zero-order chi connectivity index (χ0) is 35.9. The van der Waals surface area contributed by atoms with E-state index in [1.165, 1.54) is 29.5 Å². The zero-order valence-corrected chi connectivity index (χ0v) is 28.4. The third-order valence-electron chi connectivity index (χ3n) is 8.23. The number of hydrogen-bond acceptors (Lipinski definition) is 12. The van der Waals surface area contributed by atoms with Crippen LogP contribution in [-0.4, -0.2) is 44.6 Å². The summed E-state index contributed by atoms with van der Waals surface area (Å²) >= 11 is 0. The summed E-state index contributed by atoms with van der Waals surface area (Å²) in [5, 5.41) is 17.9. The van der Waals surface area contributed by atoms with Crippen LogP contribution in [0.15, 0.2) is 114 Å². The summed E-state index contributed by atoms with van der Waals surface area (Å²) < 4.78 is 1.76. The van der Waals surface area contributed by atoms with Crippen LogP contribution in [0.5, 0.6) is 0 Å². The molecule has 14 heteroatoms. The average Bonchev–Trinajstić information content (AvgIpc) is 3.15. The van der Waals surface area contributed by atoms with Gasteiger partial charge in [0.05, 0.1) is 45.6 Å². The summed E-state index contributed by atoms with van der Waals surface area (Å²) in [4.78, 5) is 55.5. The Morgan fingerprint density at radius 3 is 1.78 bits per heavy atom. The van der Waals surface area contributed by atoms with E-state index in [2.05, 4.69) is 40.5 Å². The van der Waals surface area contributed by atoms with Gasteiger partial charge in [0.2, 0.25) is 0 Å². The van der Waals surface area contributed by atoms with Crippen LogP contribution >= 0.6 is 0 Å². The van der Waals surface area contributed by atoms with Crippen LogP contribution in [0.1, 0.15) is 54.0 Å². The topological polar surface area (TPSA) is 175 Å². The van der Waals surface area contributed by atoms with Crippen LogP contribution in [0.2, 0.25) is 0 Å². The smallest absolute Gasteiger partial charge is 0.287 e. The van der Waals surface area contributed by atoms with Crippen molar-refractivity contribution in [3.05, 3.63) is 153 Å². The third-order valence-corrected chi connectivity index (χ3v) is 8.23. The van der Waals surface area contributed by atoms with E-state index >= 15 is 0 Å². The molecule has 3 N–H and O–H groups in total. The van der Waals surface area contributed by atoms with Crippen molar-refractivity contribution in [3.63, 3.8) is 0 Å². The molecule has 0 aliphatic carbocycles. The highest BCUT2D eigenvalue weighted by molar-refractivity contribution is 5.91. The minimum atomic E-state index is -0.550. The maximum absolute atomic E-state index is 12.8. The van der Waals surface area contributed by atoms with Gasteiger partial charge in [-0.1, -0.05) is 42.5 Å². The predicted octanol–water partition coefficient (Wildman–Crippen LogP) is 5.20. The van der Waals surface area contributed by atoms with Gasteiger partial charge in [0.25, 0.3) is 11.1 Å². The van der Waals surface area contributed by atoms with Gasteiger partial charge in [0.15, 0.2) is 11.3 Å². The molecule has 7 aromatic rings. The SMILES string of the molecule is Cc1ncnc2c1c(NC(C)c1cccnc1)cc(=O)n2O.Cc1ncnc2c1c(NC(C)c1cccnc1)cc(=O)n2OCc1ccccc1. The number of pyridine rings is 4. The van der Waals surface area contributed by atoms with Crippen molar-refractivity contribution in [1.29, 1.82) is 0 Å². The molecule has 7 rings (SSSR count). The molecule has 0 aliphatic heterocycles. The molecule has 2 atom stereocenters. The van der Waals surface area contributed by atoms with Crippen molar-refractivity contribution in [2.45, 2.75) is 46.4 Å².